The molecule has 0 unspecified atom stereocenters. The molecular formula is C25H30N6O. The molecule has 2 aromatic heterocycles. The highest BCUT2D eigenvalue weighted by Crippen LogP contribution is 2.29. The second-order valence-electron chi connectivity index (χ2n) is 8.46. The lowest BCUT2D eigenvalue weighted by Gasteiger charge is -2.32. The lowest BCUT2D eigenvalue weighted by molar-refractivity contribution is 0.122. The third kappa shape index (κ3) is 4.74. The standard InChI is InChI=1S/C25H30N6O/c1-19(22-9-5-6-11-26-22)27-24-21-10-12-30(17-20-7-3-2-4-8-20)18-23(21)28-25(29-24)31-13-15-32-16-14-31/h2-9,11,19H,10,12-18H2,1H3,(H,27,28,29)/t19-/m0/s1. The van der Waals surface area contributed by atoms with E-state index in [0.717, 1.165) is 62.3 Å². The predicted molar refractivity (Wildman–Crippen MR) is 126 cm³/mol. The summed E-state index contributed by atoms with van der Waals surface area (Å²) in [5, 5.41) is 3.64. The summed E-state index contributed by atoms with van der Waals surface area (Å²) >= 11 is 0. The summed E-state index contributed by atoms with van der Waals surface area (Å²) in [5.74, 6) is 1.73. The molecule has 7 nitrogen and oxygen atoms in total. The van der Waals surface area contributed by atoms with Crippen LogP contribution in [0.1, 0.15) is 35.5 Å². The van der Waals surface area contributed by atoms with Gasteiger partial charge in [-0.2, -0.15) is 4.98 Å². The molecule has 0 radical (unpaired) electrons. The summed E-state index contributed by atoms with van der Waals surface area (Å²) < 4.78 is 5.54. The second kappa shape index (κ2) is 9.63. The molecule has 5 rings (SSSR count). The number of nitrogens with one attached hydrogen (secondary N) is 1. The maximum Gasteiger partial charge on any atom is 0.227 e. The fourth-order valence-corrected chi connectivity index (χ4v) is 4.38. The minimum absolute atomic E-state index is 0.0649. The van der Waals surface area contributed by atoms with Gasteiger partial charge in [-0.05, 0) is 31.0 Å². The molecule has 0 spiro atoms. The highest BCUT2D eigenvalue weighted by Gasteiger charge is 2.25. The molecule has 0 aliphatic carbocycles. The van der Waals surface area contributed by atoms with Gasteiger partial charge < -0.3 is 15.0 Å². The highest BCUT2D eigenvalue weighted by atomic mass is 16.5. The van der Waals surface area contributed by atoms with Gasteiger partial charge in [0.05, 0.1) is 30.6 Å². The van der Waals surface area contributed by atoms with Crippen LogP contribution in [-0.2, 0) is 24.2 Å². The van der Waals surface area contributed by atoms with E-state index in [1.54, 1.807) is 0 Å². The number of nitrogens with zero attached hydrogens (tertiary/aromatic N) is 5. The van der Waals surface area contributed by atoms with Gasteiger partial charge in [0.2, 0.25) is 5.95 Å². The summed E-state index contributed by atoms with van der Waals surface area (Å²) in [6, 6.07) is 16.7. The number of fused-ring (bicyclic) bond motifs is 1. The minimum Gasteiger partial charge on any atom is -0.378 e. The average Bonchev–Trinajstić information content (AvgIpc) is 2.85. The van der Waals surface area contributed by atoms with E-state index < -0.39 is 0 Å². The Kier molecular flexibility index (Phi) is 6.27. The van der Waals surface area contributed by atoms with Crippen molar-refractivity contribution >= 4 is 11.8 Å². The molecule has 1 aromatic carbocycles. The number of pyridine rings is 1. The smallest absolute Gasteiger partial charge is 0.227 e. The molecule has 1 atom stereocenters. The van der Waals surface area contributed by atoms with Crippen molar-refractivity contribution in [2.75, 3.05) is 43.1 Å². The molecule has 0 saturated carbocycles. The fraction of sp³-hybridized carbons (Fsp3) is 0.400. The Bertz CT molecular complexity index is 1020. The zero-order valence-corrected chi connectivity index (χ0v) is 18.6. The number of hydrogen-bond acceptors (Lipinski definition) is 7. The van der Waals surface area contributed by atoms with Crippen LogP contribution in [0.4, 0.5) is 11.8 Å². The van der Waals surface area contributed by atoms with Crippen LogP contribution in [0.5, 0.6) is 0 Å². The molecule has 1 saturated heterocycles. The second-order valence-corrected chi connectivity index (χ2v) is 8.46. The van der Waals surface area contributed by atoms with E-state index in [9.17, 15) is 0 Å². The Hall–Kier alpha value is -3.03. The van der Waals surface area contributed by atoms with E-state index in [1.807, 2.05) is 18.3 Å². The van der Waals surface area contributed by atoms with Crippen molar-refractivity contribution < 1.29 is 4.74 Å². The van der Waals surface area contributed by atoms with Crippen LogP contribution < -0.4 is 10.2 Å². The molecular weight excluding hydrogens is 400 g/mol. The summed E-state index contributed by atoms with van der Waals surface area (Å²) in [6.45, 7) is 7.97. The first-order valence-electron chi connectivity index (χ1n) is 11.4. The number of ether oxygens (including phenoxy) is 1. The first-order chi connectivity index (χ1) is 15.8. The molecule has 0 bridgehead atoms. The van der Waals surface area contributed by atoms with Gasteiger partial charge in [0.15, 0.2) is 0 Å². The Morgan fingerprint density at radius 2 is 1.81 bits per heavy atom. The summed E-state index contributed by atoms with van der Waals surface area (Å²) in [5.41, 5.74) is 4.70. The van der Waals surface area contributed by atoms with Crippen molar-refractivity contribution in [3.8, 4) is 0 Å². The van der Waals surface area contributed by atoms with Crippen molar-refractivity contribution in [3.05, 3.63) is 77.2 Å². The SMILES string of the molecule is C[C@H](Nc1nc(N2CCOCC2)nc2c1CCN(Cc1ccccc1)C2)c1ccccn1. The zero-order valence-electron chi connectivity index (χ0n) is 18.6. The lowest BCUT2D eigenvalue weighted by atomic mass is 10.0. The van der Waals surface area contributed by atoms with E-state index in [1.165, 1.54) is 11.1 Å². The highest BCUT2D eigenvalue weighted by molar-refractivity contribution is 5.53. The van der Waals surface area contributed by atoms with E-state index >= 15 is 0 Å². The minimum atomic E-state index is 0.0649. The van der Waals surface area contributed by atoms with Crippen LogP contribution >= 0.6 is 0 Å². The zero-order chi connectivity index (χ0) is 21.8. The van der Waals surface area contributed by atoms with Gasteiger partial charge in [0, 0.05) is 44.5 Å². The van der Waals surface area contributed by atoms with Gasteiger partial charge in [-0.1, -0.05) is 36.4 Å². The molecule has 7 heteroatoms. The van der Waals surface area contributed by atoms with Crippen molar-refractivity contribution in [3.63, 3.8) is 0 Å². The largest absolute Gasteiger partial charge is 0.378 e. The average molecular weight is 431 g/mol. The van der Waals surface area contributed by atoms with Gasteiger partial charge in [-0.3, -0.25) is 9.88 Å². The third-order valence-corrected chi connectivity index (χ3v) is 6.16. The maximum atomic E-state index is 5.54. The van der Waals surface area contributed by atoms with Gasteiger partial charge in [0.1, 0.15) is 5.82 Å². The first-order valence-corrected chi connectivity index (χ1v) is 11.4. The Morgan fingerprint density at radius 1 is 1.00 bits per heavy atom. The van der Waals surface area contributed by atoms with Gasteiger partial charge >= 0.3 is 0 Å². The number of anilines is 2. The summed E-state index contributed by atoms with van der Waals surface area (Å²) in [4.78, 5) is 19.2. The number of hydrogen-bond donors (Lipinski definition) is 1. The van der Waals surface area contributed by atoms with Crippen molar-refractivity contribution in [2.24, 2.45) is 0 Å². The molecule has 2 aliphatic heterocycles. The van der Waals surface area contributed by atoms with Crippen LogP contribution in [0.15, 0.2) is 54.7 Å². The monoisotopic (exact) mass is 430 g/mol. The molecule has 3 aromatic rings. The van der Waals surface area contributed by atoms with E-state index in [-0.39, 0.29) is 6.04 Å². The first kappa shape index (κ1) is 20.8. The quantitative estimate of drug-likeness (QED) is 0.643. The predicted octanol–water partition coefficient (Wildman–Crippen LogP) is 3.44. The van der Waals surface area contributed by atoms with Gasteiger partial charge in [0.25, 0.3) is 0 Å². The van der Waals surface area contributed by atoms with Gasteiger partial charge in [-0.25, -0.2) is 4.98 Å². The van der Waals surface area contributed by atoms with Crippen LogP contribution in [0.2, 0.25) is 0 Å². The van der Waals surface area contributed by atoms with Crippen LogP contribution in [-0.4, -0.2) is 52.7 Å². The van der Waals surface area contributed by atoms with Crippen molar-refractivity contribution in [1.29, 1.82) is 0 Å². The number of aromatic nitrogens is 3. The van der Waals surface area contributed by atoms with Crippen molar-refractivity contribution in [1.82, 2.24) is 19.9 Å². The Labute approximate surface area is 189 Å². The lowest BCUT2D eigenvalue weighted by Crippen LogP contribution is -2.38. The van der Waals surface area contributed by atoms with E-state index in [0.29, 0.717) is 13.2 Å². The molecule has 166 valence electrons. The van der Waals surface area contributed by atoms with Crippen molar-refractivity contribution in [2.45, 2.75) is 32.5 Å². The number of rotatable bonds is 6. The van der Waals surface area contributed by atoms with Crippen LogP contribution in [0, 0.1) is 0 Å². The molecule has 1 N–H and O–H groups in total. The number of morpholine rings is 1. The summed E-state index contributed by atoms with van der Waals surface area (Å²) in [7, 11) is 0. The molecule has 32 heavy (non-hydrogen) atoms. The van der Waals surface area contributed by atoms with E-state index in [4.69, 9.17) is 14.7 Å². The molecule has 4 heterocycles. The molecule has 2 aliphatic rings. The van der Waals surface area contributed by atoms with Crippen LogP contribution in [0.3, 0.4) is 0 Å². The topological polar surface area (TPSA) is 66.4 Å². The Morgan fingerprint density at radius 3 is 2.59 bits per heavy atom. The molecule has 0 amide bonds. The van der Waals surface area contributed by atoms with Gasteiger partial charge in [-0.15, -0.1) is 0 Å². The maximum absolute atomic E-state index is 5.54. The third-order valence-electron chi connectivity index (χ3n) is 6.16. The normalized spacial score (nSPS) is 17.6. The number of benzene rings is 1. The summed E-state index contributed by atoms with van der Waals surface area (Å²) in [6.07, 6.45) is 2.77. The van der Waals surface area contributed by atoms with E-state index in [2.05, 4.69) is 63.4 Å². The Balaban J connectivity index is 1.43. The van der Waals surface area contributed by atoms with Crippen LogP contribution in [0.25, 0.3) is 0 Å². The fourth-order valence-electron chi connectivity index (χ4n) is 4.38. The molecule has 1 fully saturated rings.